The maximum Gasteiger partial charge on any atom is 0.319 e. The van der Waals surface area contributed by atoms with E-state index in [1.54, 1.807) is 0 Å². The van der Waals surface area contributed by atoms with Gasteiger partial charge in [-0.05, 0) is 55.8 Å². The van der Waals surface area contributed by atoms with Crippen molar-refractivity contribution in [1.82, 2.24) is 20.1 Å². The summed E-state index contributed by atoms with van der Waals surface area (Å²) in [6.45, 7) is 5.75. The van der Waals surface area contributed by atoms with Crippen molar-refractivity contribution in [3.05, 3.63) is 83.7 Å². The van der Waals surface area contributed by atoms with E-state index in [0.29, 0.717) is 19.6 Å². The highest BCUT2D eigenvalue weighted by Gasteiger charge is 2.05. The number of pyridine rings is 1. The summed E-state index contributed by atoms with van der Waals surface area (Å²) in [7, 11) is 0. The molecule has 2 amide bonds. The summed E-state index contributed by atoms with van der Waals surface area (Å²) < 4.78 is 1.96. The van der Waals surface area contributed by atoms with Crippen molar-refractivity contribution in [2.24, 2.45) is 0 Å². The lowest BCUT2D eigenvalue weighted by atomic mass is 10.2. The van der Waals surface area contributed by atoms with Crippen molar-refractivity contribution in [3.8, 4) is 0 Å². The van der Waals surface area contributed by atoms with Crippen LogP contribution in [0.15, 0.2) is 66.7 Å². The third kappa shape index (κ3) is 5.39. The second-order valence-electron chi connectivity index (χ2n) is 7.48. The van der Waals surface area contributed by atoms with Crippen molar-refractivity contribution in [3.63, 3.8) is 0 Å². The molecule has 3 N–H and O–H groups in total. The highest BCUT2D eigenvalue weighted by Crippen LogP contribution is 2.15. The van der Waals surface area contributed by atoms with Crippen LogP contribution < -0.4 is 16.0 Å². The van der Waals surface area contributed by atoms with Gasteiger partial charge in [0.2, 0.25) is 0 Å². The lowest BCUT2D eigenvalue weighted by molar-refractivity contribution is 0.252. The van der Waals surface area contributed by atoms with Gasteiger partial charge in [-0.2, -0.15) is 5.10 Å². The summed E-state index contributed by atoms with van der Waals surface area (Å²) in [4.78, 5) is 16.8. The molecule has 2 aromatic carbocycles. The molecule has 4 rings (SSSR count). The second-order valence-corrected chi connectivity index (χ2v) is 7.48. The Morgan fingerprint density at radius 1 is 0.968 bits per heavy atom. The van der Waals surface area contributed by atoms with E-state index in [9.17, 15) is 4.79 Å². The Morgan fingerprint density at radius 2 is 1.84 bits per heavy atom. The number of carbonyl (C=O) groups is 1. The normalized spacial score (nSPS) is 10.8. The number of aryl methyl sites for hydroxylation is 2. The average Bonchev–Trinajstić information content (AvgIpc) is 3.08. The SMILES string of the molecule is Cc1cc(C)n(Cc2cccc(NC(=O)NCCNc3ccc4ccccc4n3)c2)n1. The van der Waals surface area contributed by atoms with Crippen molar-refractivity contribution in [2.45, 2.75) is 20.4 Å². The maximum absolute atomic E-state index is 12.2. The molecule has 0 fully saturated rings. The highest BCUT2D eigenvalue weighted by atomic mass is 16.2. The van der Waals surface area contributed by atoms with Gasteiger partial charge < -0.3 is 16.0 Å². The van der Waals surface area contributed by atoms with Gasteiger partial charge in [-0.25, -0.2) is 9.78 Å². The molecule has 0 atom stereocenters. The lowest BCUT2D eigenvalue weighted by Crippen LogP contribution is -2.32. The molecule has 0 aliphatic carbocycles. The first-order chi connectivity index (χ1) is 15.1. The molecule has 0 spiro atoms. The molecule has 2 heterocycles. The number of nitrogens with one attached hydrogen (secondary N) is 3. The molecular weight excluding hydrogens is 388 g/mol. The zero-order chi connectivity index (χ0) is 21.6. The highest BCUT2D eigenvalue weighted by molar-refractivity contribution is 5.89. The fourth-order valence-electron chi connectivity index (χ4n) is 3.46. The van der Waals surface area contributed by atoms with E-state index in [2.05, 4.69) is 32.1 Å². The van der Waals surface area contributed by atoms with E-state index >= 15 is 0 Å². The van der Waals surface area contributed by atoms with Crippen molar-refractivity contribution < 1.29 is 4.79 Å². The molecule has 4 aromatic rings. The van der Waals surface area contributed by atoms with Gasteiger partial charge in [-0.3, -0.25) is 4.68 Å². The fourth-order valence-corrected chi connectivity index (χ4v) is 3.46. The number of benzene rings is 2. The standard InChI is InChI=1S/C24H26N6O/c1-17-14-18(2)30(29-17)16-19-6-5-8-21(15-19)27-24(31)26-13-12-25-23-11-10-20-7-3-4-9-22(20)28-23/h3-11,14-15H,12-13,16H2,1-2H3,(H,25,28)(H2,26,27,31). The quantitative estimate of drug-likeness (QED) is 0.393. The molecule has 7 heteroatoms. The number of nitrogens with zero attached hydrogens (tertiary/aromatic N) is 3. The van der Waals surface area contributed by atoms with Gasteiger partial charge in [-0.1, -0.05) is 30.3 Å². The molecule has 0 aliphatic rings. The Morgan fingerprint density at radius 3 is 2.68 bits per heavy atom. The molecule has 0 unspecified atom stereocenters. The molecule has 31 heavy (non-hydrogen) atoms. The van der Waals surface area contributed by atoms with E-state index in [-0.39, 0.29) is 6.03 Å². The number of amides is 2. The van der Waals surface area contributed by atoms with Crippen molar-refractivity contribution >= 4 is 28.4 Å². The zero-order valence-corrected chi connectivity index (χ0v) is 17.7. The first-order valence-corrected chi connectivity index (χ1v) is 10.3. The number of hydrogen-bond acceptors (Lipinski definition) is 4. The number of anilines is 2. The Hall–Kier alpha value is -3.87. The van der Waals surface area contributed by atoms with Gasteiger partial charge in [0, 0.05) is 29.9 Å². The minimum Gasteiger partial charge on any atom is -0.368 e. The molecular formula is C24H26N6O. The van der Waals surface area contributed by atoms with Crippen LogP contribution in [0.5, 0.6) is 0 Å². The maximum atomic E-state index is 12.2. The summed E-state index contributed by atoms with van der Waals surface area (Å²) >= 11 is 0. The predicted octanol–water partition coefficient (Wildman–Crippen LogP) is 4.33. The van der Waals surface area contributed by atoms with E-state index in [1.807, 2.05) is 79.2 Å². The van der Waals surface area contributed by atoms with Crippen molar-refractivity contribution in [1.29, 1.82) is 0 Å². The largest absolute Gasteiger partial charge is 0.368 e. The van der Waals surface area contributed by atoms with Crippen LogP contribution >= 0.6 is 0 Å². The number of para-hydroxylation sites is 1. The topological polar surface area (TPSA) is 83.9 Å². The molecule has 7 nitrogen and oxygen atoms in total. The van der Waals surface area contributed by atoms with Gasteiger partial charge in [0.15, 0.2) is 0 Å². The Labute approximate surface area is 181 Å². The van der Waals surface area contributed by atoms with Gasteiger partial charge in [0.1, 0.15) is 5.82 Å². The molecule has 0 radical (unpaired) electrons. The third-order valence-electron chi connectivity index (χ3n) is 4.94. The number of urea groups is 1. The summed E-state index contributed by atoms with van der Waals surface area (Å²) in [5.74, 6) is 0.790. The fraction of sp³-hybridized carbons (Fsp3) is 0.208. The molecule has 158 valence electrons. The first-order valence-electron chi connectivity index (χ1n) is 10.3. The number of carbonyl (C=O) groups excluding carboxylic acids is 1. The predicted molar refractivity (Wildman–Crippen MR) is 124 cm³/mol. The van der Waals surface area contributed by atoms with E-state index in [0.717, 1.165) is 39.4 Å². The third-order valence-corrected chi connectivity index (χ3v) is 4.94. The van der Waals surface area contributed by atoms with Crippen LogP contribution in [0.2, 0.25) is 0 Å². The number of fused-ring (bicyclic) bond motifs is 1. The molecule has 2 aromatic heterocycles. The van der Waals surface area contributed by atoms with Crippen LogP contribution in [0.4, 0.5) is 16.3 Å². The monoisotopic (exact) mass is 414 g/mol. The second kappa shape index (κ2) is 9.30. The molecule has 0 saturated heterocycles. The zero-order valence-electron chi connectivity index (χ0n) is 17.7. The molecule has 0 aliphatic heterocycles. The van der Waals surface area contributed by atoms with Gasteiger partial charge in [0.25, 0.3) is 0 Å². The van der Waals surface area contributed by atoms with Crippen molar-refractivity contribution in [2.75, 3.05) is 23.7 Å². The summed E-state index contributed by atoms with van der Waals surface area (Å²) in [5.41, 5.74) is 4.88. The average molecular weight is 415 g/mol. The van der Waals surface area contributed by atoms with E-state index < -0.39 is 0 Å². The smallest absolute Gasteiger partial charge is 0.319 e. The van der Waals surface area contributed by atoms with Crippen LogP contribution in [-0.4, -0.2) is 33.9 Å². The van der Waals surface area contributed by atoms with Crippen LogP contribution in [0, 0.1) is 13.8 Å². The van der Waals surface area contributed by atoms with E-state index in [4.69, 9.17) is 0 Å². The lowest BCUT2D eigenvalue weighted by Gasteiger charge is -2.11. The van der Waals surface area contributed by atoms with Crippen LogP contribution in [0.3, 0.4) is 0 Å². The molecule has 0 saturated carbocycles. The Kier molecular flexibility index (Phi) is 6.12. The molecule has 0 bridgehead atoms. The number of rotatable bonds is 7. The minimum atomic E-state index is -0.239. The van der Waals surface area contributed by atoms with Crippen LogP contribution in [-0.2, 0) is 6.54 Å². The number of aromatic nitrogens is 3. The van der Waals surface area contributed by atoms with Crippen LogP contribution in [0.25, 0.3) is 10.9 Å². The van der Waals surface area contributed by atoms with E-state index in [1.165, 1.54) is 0 Å². The van der Waals surface area contributed by atoms with Gasteiger partial charge in [-0.15, -0.1) is 0 Å². The van der Waals surface area contributed by atoms with Gasteiger partial charge in [0.05, 0.1) is 17.8 Å². The Balaban J connectivity index is 1.25. The summed E-state index contributed by atoms with van der Waals surface area (Å²) in [6, 6.07) is 21.6. The Bertz CT molecular complexity index is 1200. The number of hydrogen-bond donors (Lipinski definition) is 3. The summed E-state index contributed by atoms with van der Waals surface area (Å²) in [5, 5.41) is 14.6. The minimum absolute atomic E-state index is 0.239. The first kappa shape index (κ1) is 20.4. The summed E-state index contributed by atoms with van der Waals surface area (Å²) in [6.07, 6.45) is 0. The van der Waals surface area contributed by atoms with Gasteiger partial charge >= 0.3 is 6.03 Å². The van der Waals surface area contributed by atoms with Crippen LogP contribution in [0.1, 0.15) is 17.0 Å².